The van der Waals surface area contributed by atoms with Gasteiger partial charge in [-0.1, -0.05) is 20.8 Å². The zero-order valence-electron chi connectivity index (χ0n) is 13.4. The van der Waals surface area contributed by atoms with Gasteiger partial charge in [0.15, 0.2) is 5.78 Å². The highest BCUT2D eigenvalue weighted by molar-refractivity contribution is 5.79. The first-order valence-electron chi connectivity index (χ1n) is 7.84. The van der Waals surface area contributed by atoms with Crippen molar-refractivity contribution in [3.63, 3.8) is 0 Å². The van der Waals surface area contributed by atoms with Crippen LogP contribution in [0.15, 0.2) is 18.2 Å². The van der Waals surface area contributed by atoms with Gasteiger partial charge in [-0.2, -0.15) is 0 Å². The Hall–Kier alpha value is -1.62. The highest BCUT2D eigenvalue weighted by Crippen LogP contribution is 2.29. The van der Waals surface area contributed by atoms with Crippen LogP contribution in [0.4, 0.5) is 4.39 Å². The second kappa shape index (κ2) is 7.58. The Bertz CT molecular complexity index is 513. The van der Waals surface area contributed by atoms with Crippen LogP contribution in [-0.4, -0.2) is 30.6 Å². The molecule has 0 saturated heterocycles. The average molecular weight is 309 g/mol. The second-order valence-electron chi connectivity index (χ2n) is 6.03. The van der Waals surface area contributed by atoms with E-state index in [0.717, 1.165) is 12.8 Å². The first kappa shape index (κ1) is 16.7. The fourth-order valence-corrected chi connectivity index (χ4v) is 2.42. The topological polar surface area (TPSA) is 47.6 Å². The van der Waals surface area contributed by atoms with E-state index in [1.54, 1.807) is 13.0 Å². The number of rotatable bonds is 8. The molecule has 1 N–H and O–H groups in total. The van der Waals surface area contributed by atoms with Crippen LogP contribution in [0.1, 0.15) is 40.0 Å². The Balaban J connectivity index is 1.86. The predicted molar refractivity (Wildman–Crippen MR) is 82.9 cm³/mol. The fraction of sp³-hybridized carbons (Fsp3) is 0.588. The van der Waals surface area contributed by atoms with Crippen molar-refractivity contribution in [2.75, 3.05) is 6.61 Å². The summed E-state index contributed by atoms with van der Waals surface area (Å²) in [5.41, 5.74) is 0. The zero-order valence-corrected chi connectivity index (χ0v) is 13.4. The maximum Gasteiger partial charge on any atom is 0.169 e. The molecule has 0 bridgehead atoms. The van der Waals surface area contributed by atoms with Crippen molar-refractivity contribution in [1.82, 2.24) is 5.32 Å². The molecule has 22 heavy (non-hydrogen) atoms. The molecule has 1 aromatic rings. The molecule has 1 aliphatic rings. The third-order valence-electron chi connectivity index (χ3n) is 3.61. The van der Waals surface area contributed by atoms with Gasteiger partial charge in [-0.25, -0.2) is 4.39 Å². The molecule has 0 aliphatic heterocycles. The highest BCUT2D eigenvalue weighted by Gasteiger charge is 2.31. The molecule has 5 heteroatoms. The highest BCUT2D eigenvalue weighted by atomic mass is 19.1. The number of hydrogen-bond acceptors (Lipinski definition) is 4. The summed E-state index contributed by atoms with van der Waals surface area (Å²) in [6, 6.07) is 5.17. The minimum absolute atomic E-state index is 0.0201. The molecule has 0 atom stereocenters. The van der Waals surface area contributed by atoms with Crippen molar-refractivity contribution in [2.24, 2.45) is 0 Å². The molecule has 122 valence electrons. The van der Waals surface area contributed by atoms with E-state index in [1.165, 1.54) is 12.1 Å². The van der Waals surface area contributed by atoms with Gasteiger partial charge in [-0.15, -0.1) is 0 Å². The van der Waals surface area contributed by atoms with Gasteiger partial charge in [0.2, 0.25) is 0 Å². The quantitative estimate of drug-likeness (QED) is 0.801. The molecule has 0 unspecified atom stereocenters. The SMILES string of the molecule is CCC(=O)COc1cc(F)cc(OC2CC(NC(C)C)C2)c1. The van der Waals surface area contributed by atoms with Gasteiger partial charge in [-0.05, 0) is 12.8 Å². The molecule has 4 nitrogen and oxygen atoms in total. The molecule has 0 aromatic heterocycles. The van der Waals surface area contributed by atoms with E-state index in [2.05, 4.69) is 19.2 Å². The number of ether oxygens (including phenoxy) is 2. The summed E-state index contributed by atoms with van der Waals surface area (Å²) in [6.07, 6.45) is 2.34. The molecular weight excluding hydrogens is 285 g/mol. The van der Waals surface area contributed by atoms with E-state index in [4.69, 9.17) is 9.47 Å². The molecule has 1 aliphatic carbocycles. The molecule has 0 radical (unpaired) electrons. The third-order valence-corrected chi connectivity index (χ3v) is 3.61. The van der Waals surface area contributed by atoms with Gasteiger partial charge in [-0.3, -0.25) is 4.79 Å². The summed E-state index contributed by atoms with van der Waals surface area (Å²) in [6.45, 7) is 5.96. The van der Waals surface area contributed by atoms with Gasteiger partial charge in [0.25, 0.3) is 0 Å². The Morgan fingerprint density at radius 3 is 2.64 bits per heavy atom. The Morgan fingerprint density at radius 2 is 2.00 bits per heavy atom. The smallest absolute Gasteiger partial charge is 0.169 e. The van der Waals surface area contributed by atoms with Crippen molar-refractivity contribution in [3.05, 3.63) is 24.0 Å². The summed E-state index contributed by atoms with van der Waals surface area (Å²) in [5.74, 6) is 0.334. The number of carbonyl (C=O) groups excluding carboxylic acids is 1. The molecule has 1 aromatic carbocycles. The van der Waals surface area contributed by atoms with Crippen molar-refractivity contribution in [1.29, 1.82) is 0 Å². The second-order valence-corrected chi connectivity index (χ2v) is 6.03. The summed E-state index contributed by atoms with van der Waals surface area (Å²) in [4.78, 5) is 11.3. The Kier molecular flexibility index (Phi) is 5.77. The van der Waals surface area contributed by atoms with Crippen LogP contribution >= 0.6 is 0 Å². The molecule has 0 heterocycles. The standard InChI is InChI=1S/C17H24FNO3/c1-4-14(20)10-21-15-5-12(18)6-16(9-15)22-17-7-13(8-17)19-11(2)3/h5-6,9,11,13,17,19H,4,7-8,10H2,1-3H3. The van der Waals surface area contributed by atoms with Crippen LogP contribution in [0.3, 0.4) is 0 Å². The summed E-state index contributed by atoms with van der Waals surface area (Å²) in [7, 11) is 0. The fourth-order valence-electron chi connectivity index (χ4n) is 2.42. The van der Waals surface area contributed by atoms with E-state index in [0.29, 0.717) is 30.0 Å². The summed E-state index contributed by atoms with van der Waals surface area (Å²) in [5, 5.41) is 3.44. The van der Waals surface area contributed by atoms with Crippen molar-refractivity contribution in [2.45, 2.75) is 58.2 Å². The van der Waals surface area contributed by atoms with Crippen LogP contribution in [-0.2, 0) is 4.79 Å². The van der Waals surface area contributed by atoms with Gasteiger partial charge >= 0.3 is 0 Å². The lowest BCUT2D eigenvalue weighted by Gasteiger charge is -2.37. The summed E-state index contributed by atoms with van der Waals surface area (Å²) < 4.78 is 24.7. The maximum absolute atomic E-state index is 13.6. The van der Waals surface area contributed by atoms with Crippen LogP contribution in [0.2, 0.25) is 0 Å². The zero-order chi connectivity index (χ0) is 16.1. The molecule has 2 rings (SSSR count). The minimum Gasteiger partial charge on any atom is -0.490 e. The largest absolute Gasteiger partial charge is 0.490 e. The first-order valence-corrected chi connectivity index (χ1v) is 7.84. The van der Waals surface area contributed by atoms with E-state index < -0.39 is 5.82 Å². The van der Waals surface area contributed by atoms with Gasteiger partial charge < -0.3 is 14.8 Å². The van der Waals surface area contributed by atoms with Gasteiger partial charge in [0.1, 0.15) is 30.0 Å². The first-order chi connectivity index (χ1) is 10.5. The third kappa shape index (κ3) is 4.98. The molecule has 0 amide bonds. The maximum atomic E-state index is 13.6. The summed E-state index contributed by atoms with van der Waals surface area (Å²) >= 11 is 0. The Morgan fingerprint density at radius 1 is 1.32 bits per heavy atom. The molecule has 0 spiro atoms. The van der Waals surface area contributed by atoms with E-state index in [1.807, 2.05) is 0 Å². The minimum atomic E-state index is -0.423. The Labute approximate surface area is 131 Å². The lowest BCUT2D eigenvalue weighted by Crippen LogP contribution is -2.49. The van der Waals surface area contributed by atoms with Crippen LogP contribution in [0, 0.1) is 5.82 Å². The number of benzene rings is 1. The number of carbonyl (C=O) groups is 1. The predicted octanol–water partition coefficient (Wildman–Crippen LogP) is 3.09. The van der Waals surface area contributed by atoms with E-state index in [-0.39, 0.29) is 18.5 Å². The number of Topliss-reactive ketones (excluding diaryl/α,β-unsaturated/α-hetero) is 1. The van der Waals surface area contributed by atoms with Crippen molar-refractivity contribution >= 4 is 5.78 Å². The number of halogens is 1. The molecular formula is C17H24FNO3. The molecule has 1 saturated carbocycles. The number of hydrogen-bond donors (Lipinski definition) is 1. The van der Waals surface area contributed by atoms with Gasteiger partial charge in [0, 0.05) is 36.7 Å². The van der Waals surface area contributed by atoms with Crippen molar-refractivity contribution in [3.8, 4) is 11.5 Å². The van der Waals surface area contributed by atoms with Gasteiger partial charge in [0.05, 0.1) is 0 Å². The number of ketones is 1. The lowest BCUT2D eigenvalue weighted by atomic mass is 9.88. The van der Waals surface area contributed by atoms with Crippen LogP contribution < -0.4 is 14.8 Å². The van der Waals surface area contributed by atoms with E-state index in [9.17, 15) is 9.18 Å². The van der Waals surface area contributed by atoms with E-state index >= 15 is 0 Å². The van der Waals surface area contributed by atoms with Crippen molar-refractivity contribution < 1.29 is 18.7 Å². The normalized spacial score (nSPS) is 20.6. The molecule has 1 fully saturated rings. The monoisotopic (exact) mass is 309 g/mol. The average Bonchev–Trinajstić information content (AvgIpc) is 2.41. The van der Waals surface area contributed by atoms with Crippen LogP contribution in [0.5, 0.6) is 11.5 Å². The van der Waals surface area contributed by atoms with Crippen LogP contribution in [0.25, 0.3) is 0 Å². The lowest BCUT2D eigenvalue weighted by molar-refractivity contribution is -0.120. The number of nitrogens with one attached hydrogen (secondary N) is 1.